The fraction of sp³-hybridized carbons (Fsp3) is 0.414. The Labute approximate surface area is 249 Å². The molecule has 3 saturated heterocycles. The monoisotopic (exact) mass is 613 g/mol. The van der Waals surface area contributed by atoms with E-state index >= 15 is 0 Å². The van der Waals surface area contributed by atoms with Crippen LogP contribution in [-0.4, -0.2) is 122 Å². The summed E-state index contributed by atoms with van der Waals surface area (Å²) in [5.74, 6) is -1.20. The Bertz CT molecular complexity index is 1590. The molecular formula is C29H30F3N7O5. The van der Waals surface area contributed by atoms with Gasteiger partial charge < -0.3 is 24.7 Å². The van der Waals surface area contributed by atoms with Crippen LogP contribution in [-0.2, 0) is 9.59 Å². The van der Waals surface area contributed by atoms with Gasteiger partial charge in [0.1, 0.15) is 18.1 Å². The van der Waals surface area contributed by atoms with Crippen molar-refractivity contribution in [1.82, 2.24) is 29.8 Å². The van der Waals surface area contributed by atoms with Crippen LogP contribution in [0.4, 0.5) is 23.7 Å². The number of rotatable bonds is 4. The Morgan fingerprint density at radius 3 is 2.41 bits per heavy atom. The fourth-order valence-corrected chi connectivity index (χ4v) is 6.44. The van der Waals surface area contributed by atoms with E-state index < -0.39 is 49.4 Å². The van der Waals surface area contributed by atoms with Gasteiger partial charge in [0.25, 0.3) is 11.8 Å². The van der Waals surface area contributed by atoms with Crippen LogP contribution in [0.25, 0.3) is 10.9 Å². The average molecular weight is 614 g/mol. The minimum atomic E-state index is -4.86. The standard InChI is InChI=1S/C29H30F3N7O5/c30-29(31,32)23-16-36(12-13-38(23)27(43)44)24(40)17-37-18-39(21-4-2-1-3-5-21)28(26(37)42)8-10-35(11-9-28)25(41)19-6-7-22-20(14-19)15-33-34-22/h1-7,14-15,23H,8-13,16-18H2,(H,33,34)(H,43,44)/t23-/m1/s1. The van der Waals surface area contributed by atoms with E-state index in [0.717, 1.165) is 21.5 Å². The molecule has 6 rings (SSSR count). The number of nitrogens with one attached hydrogen (secondary N) is 1. The Morgan fingerprint density at radius 1 is 1.00 bits per heavy atom. The number of benzene rings is 2. The minimum Gasteiger partial charge on any atom is -0.465 e. The molecule has 1 aromatic heterocycles. The molecule has 0 aliphatic carbocycles. The second-order valence-corrected chi connectivity index (χ2v) is 11.3. The smallest absolute Gasteiger partial charge is 0.410 e. The lowest BCUT2D eigenvalue weighted by Crippen LogP contribution is -2.62. The lowest BCUT2D eigenvalue weighted by atomic mass is 9.85. The number of anilines is 1. The molecule has 3 aliphatic rings. The summed E-state index contributed by atoms with van der Waals surface area (Å²) < 4.78 is 40.9. The number of nitrogens with zero attached hydrogens (tertiary/aromatic N) is 6. The van der Waals surface area contributed by atoms with Gasteiger partial charge in [-0.15, -0.1) is 0 Å². The van der Waals surface area contributed by atoms with E-state index in [4.69, 9.17) is 0 Å². The van der Waals surface area contributed by atoms with Crippen LogP contribution in [0.2, 0.25) is 0 Å². The maximum Gasteiger partial charge on any atom is 0.410 e. The molecule has 4 heterocycles. The van der Waals surface area contributed by atoms with Crippen molar-refractivity contribution in [3.63, 3.8) is 0 Å². The summed E-state index contributed by atoms with van der Waals surface area (Å²) >= 11 is 0. The third-order valence-electron chi connectivity index (χ3n) is 8.83. The third kappa shape index (κ3) is 5.15. The number of amides is 4. The fourth-order valence-electron chi connectivity index (χ4n) is 6.44. The van der Waals surface area contributed by atoms with Crippen molar-refractivity contribution in [3.05, 3.63) is 60.3 Å². The highest BCUT2D eigenvalue weighted by atomic mass is 19.4. The lowest BCUT2D eigenvalue weighted by Gasteiger charge is -2.43. The van der Waals surface area contributed by atoms with E-state index in [2.05, 4.69) is 10.2 Å². The first-order valence-corrected chi connectivity index (χ1v) is 14.2. The number of aromatic nitrogens is 2. The van der Waals surface area contributed by atoms with Crippen LogP contribution in [0.15, 0.2) is 54.7 Å². The molecule has 1 spiro atoms. The molecule has 1 atom stereocenters. The Hall–Kier alpha value is -4.82. The van der Waals surface area contributed by atoms with Crippen molar-refractivity contribution in [1.29, 1.82) is 0 Å². The molecule has 0 unspecified atom stereocenters. The number of H-pyrrole nitrogens is 1. The second kappa shape index (κ2) is 11.0. The number of hydrogen-bond acceptors (Lipinski definition) is 6. The van der Waals surface area contributed by atoms with E-state index in [-0.39, 0.29) is 38.1 Å². The van der Waals surface area contributed by atoms with Crippen LogP contribution in [0.5, 0.6) is 0 Å². The zero-order valence-electron chi connectivity index (χ0n) is 23.5. The highest BCUT2D eigenvalue weighted by Gasteiger charge is 2.55. The molecule has 12 nitrogen and oxygen atoms in total. The summed E-state index contributed by atoms with van der Waals surface area (Å²) in [7, 11) is 0. The zero-order chi connectivity index (χ0) is 31.2. The van der Waals surface area contributed by atoms with Gasteiger partial charge in [-0.2, -0.15) is 18.3 Å². The van der Waals surface area contributed by atoms with E-state index in [1.807, 2.05) is 35.2 Å². The number of aromatic amines is 1. The normalized spacial score (nSPS) is 20.6. The van der Waals surface area contributed by atoms with Crippen molar-refractivity contribution in [3.8, 4) is 0 Å². The summed E-state index contributed by atoms with van der Waals surface area (Å²) in [6.07, 6.45) is -4.35. The first-order valence-electron chi connectivity index (χ1n) is 14.2. The Balaban J connectivity index is 1.19. The quantitative estimate of drug-likeness (QED) is 0.462. The molecular weight excluding hydrogens is 583 g/mol. The molecule has 44 heavy (non-hydrogen) atoms. The second-order valence-electron chi connectivity index (χ2n) is 11.3. The van der Waals surface area contributed by atoms with Gasteiger partial charge in [-0.25, -0.2) is 4.79 Å². The molecule has 4 amide bonds. The number of likely N-dealkylation sites (tertiary alicyclic amines) is 1. The van der Waals surface area contributed by atoms with Crippen molar-refractivity contribution in [2.75, 3.05) is 50.8 Å². The average Bonchev–Trinajstić information content (AvgIpc) is 3.59. The van der Waals surface area contributed by atoms with Crippen LogP contribution in [0.3, 0.4) is 0 Å². The van der Waals surface area contributed by atoms with Gasteiger partial charge >= 0.3 is 12.3 Å². The van der Waals surface area contributed by atoms with E-state index in [9.17, 15) is 37.5 Å². The largest absolute Gasteiger partial charge is 0.465 e. The number of carboxylic acid groups (broad SMARTS) is 1. The molecule has 15 heteroatoms. The number of carbonyl (C=O) groups excluding carboxylic acids is 3. The van der Waals surface area contributed by atoms with Gasteiger partial charge in [-0.3, -0.25) is 24.4 Å². The molecule has 3 aliphatic heterocycles. The minimum absolute atomic E-state index is 0.0392. The number of piperidine rings is 1. The summed E-state index contributed by atoms with van der Waals surface area (Å²) in [4.78, 5) is 58.2. The number of fused-ring (bicyclic) bond motifs is 1. The van der Waals surface area contributed by atoms with Crippen molar-refractivity contribution >= 4 is 40.4 Å². The van der Waals surface area contributed by atoms with E-state index in [1.165, 1.54) is 4.90 Å². The number of para-hydroxylation sites is 1. The molecule has 0 radical (unpaired) electrons. The predicted molar refractivity (Wildman–Crippen MR) is 151 cm³/mol. The highest BCUT2D eigenvalue weighted by Crippen LogP contribution is 2.40. The van der Waals surface area contributed by atoms with Crippen molar-refractivity contribution in [2.24, 2.45) is 0 Å². The molecule has 2 aromatic carbocycles. The Kier molecular flexibility index (Phi) is 7.33. The molecule has 232 valence electrons. The Morgan fingerprint density at radius 2 is 1.73 bits per heavy atom. The lowest BCUT2D eigenvalue weighted by molar-refractivity contribution is -0.192. The number of hydrogen-bond donors (Lipinski definition) is 2. The summed E-state index contributed by atoms with van der Waals surface area (Å²) in [6.45, 7) is -1.39. The van der Waals surface area contributed by atoms with Gasteiger partial charge in [0.2, 0.25) is 5.91 Å². The summed E-state index contributed by atoms with van der Waals surface area (Å²) in [5.41, 5.74) is 0.998. The van der Waals surface area contributed by atoms with Crippen molar-refractivity contribution in [2.45, 2.75) is 30.6 Å². The van der Waals surface area contributed by atoms with Crippen LogP contribution >= 0.6 is 0 Å². The first kappa shape index (κ1) is 29.3. The van der Waals surface area contributed by atoms with Crippen molar-refractivity contribution < 1.29 is 37.5 Å². The van der Waals surface area contributed by atoms with Gasteiger partial charge in [0.05, 0.1) is 24.9 Å². The maximum absolute atomic E-state index is 14.0. The topological polar surface area (TPSA) is 133 Å². The maximum atomic E-state index is 14.0. The number of alkyl halides is 3. The van der Waals surface area contributed by atoms with Crippen LogP contribution < -0.4 is 4.90 Å². The SMILES string of the molecule is O=C(CN1CN(c2ccccc2)C2(CCN(C(=O)c3ccc4[nH]ncc4c3)CC2)C1=O)N1CCN(C(=O)O)[C@@H](C(F)(F)F)C1. The molecule has 3 fully saturated rings. The zero-order valence-corrected chi connectivity index (χ0v) is 23.5. The van der Waals surface area contributed by atoms with Gasteiger partial charge in [-0.05, 0) is 43.2 Å². The van der Waals surface area contributed by atoms with E-state index in [1.54, 1.807) is 29.3 Å². The molecule has 2 N–H and O–H groups in total. The van der Waals surface area contributed by atoms with Crippen LogP contribution in [0, 0.1) is 0 Å². The predicted octanol–water partition coefficient (Wildman–Crippen LogP) is 2.60. The summed E-state index contributed by atoms with van der Waals surface area (Å²) in [6, 6.07) is 12.1. The van der Waals surface area contributed by atoms with Gasteiger partial charge in [0.15, 0.2) is 0 Å². The van der Waals surface area contributed by atoms with Crippen LogP contribution in [0.1, 0.15) is 23.2 Å². The molecule has 0 bridgehead atoms. The third-order valence-corrected chi connectivity index (χ3v) is 8.83. The molecule has 3 aromatic rings. The molecule has 0 saturated carbocycles. The van der Waals surface area contributed by atoms with Gasteiger partial charge in [-0.1, -0.05) is 18.2 Å². The van der Waals surface area contributed by atoms with Gasteiger partial charge in [0, 0.05) is 42.8 Å². The van der Waals surface area contributed by atoms with E-state index in [0.29, 0.717) is 23.3 Å². The number of carbonyl (C=O) groups is 4. The highest BCUT2D eigenvalue weighted by molar-refractivity contribution is 5.99. The number of halogens is 3. The summed E-state index contributed by atoms with van der Waals surface area (Å²) in [5, 5.41) is 16.9. The number of piperazine rings is 1. The first-order chi connectivity index (χ1) is 21.0.